The molecule has 2 aromatic heterocycles. The molecule has 2 aromatic carbocycles. The number of amides is 1. The number of nitrogens with one attached hydrogen (secondary N) is 1. The van der Waals surface area contributed by atoms with Gasteiger partial charge in [-0.1, -0.05) is 29.8 Å². The minimum absolute atomic E-state index is 0.150. The average Bonchev–Trinajstić information content (AvgIpc) is 3.13. The summed E-state index contributed by atoms with van der Waals surface area (Å²) in [7, 11) is 0. The van der Waals surface area contributed by atoms with Gasteiger partial charge in [0.15, 0.2) is 0 Å². The Bertz CT molecular complexity index is 1130. The van der Waals surface area contributed by atoms with E-state index in [4.69, 9.17) is 16.7 Å². The standard InChI is InChI=1S/C20H16ClN5OS/c21-15-5-2-1-4-13(15)10-20(27)24-14-7-8-18(19(11-14)28-22)26-12-17-16(25-26)6-3-9-23-17/h1-9,11-12H,10,22H2,(H,24,27). The van der Waals surface area contributed by atoms with Crippen molar-refractivity contribution in [1.29, 1.82) is 0 Å². The number of hydrogen-bond donors (Lipinski definition) is 2. The lowest BCUT2D eigenvalue weighted by Crippen LogP contribution is -2.15. The Balaban J connectivity index is 1.56. The molecule has 0 fully saturated rings. The van der Waals surface area contributed by atoms with Crippen LogP contribution in [0.25, 0.3) is 16.7 Å². The van der Waals surface area contributed by atoms with E-state index in [1.807, 2.05) is 54.7 Å². The molecule has 0 unspecified atom stereocenters. The Kier molecular flexibility index (Phi) is 5.29. The molecular weight excluding hydrogens is 394 g/mol. The first kappa shape index (κ1) is 18.5. The van der Waals surface area contributed by atoms with Crippen molar-refractivity contribution in [3.63, 3.8) is 0 Å². The number of rotatable bonds is 5. The first-order valence-corrected chi connectivity index (χ1v) is 9.74. The summed E-state index contributed by atoms with van der Waals surface area (Å²) in [6.07, 6.45) is 3.77. The molecule has 140 valence electrons. The van der Waals surface area contributed by atoms with E-state index < -0.39 is 0 Å². The van der Waals surface area contributed by atoms with Gasteiger partial charge in [0.1, 0.15) is 11.0 Å². The lowest BCUT2D eigenvalue weighted by Gasteiger charge is -2.11. The molecule has 0 atom stereocenters. The van der Waals surface area contributed by atoms with Crippen LogP contribution >= 0.6 is 23.5 Å². The highest BCUT2D eigenvalue weighted by atomic mass is 35.5. The summed E-state index contributed by atoms with van der Waals surface area (Å²) in [6, 6.07) is 16.5. The fourth-order valence-electron chi connectivity index (χ4n) is 2.87. The van der Waals surface area contributed by atoms with Gasteiger partial charge in [-0.25, -0.2) is 4.68 Å². The zero-order valence-corrected chi connectivity index (χ0v) is 16.2. The monoisotopic (exact) mass is 409 g/mol. The first-order chi connectivity index (χ1) is 13.6. The minimum atomic E-state index is -0.150. The minimum Gasteiger partial charge on any atom is -0.326 e. The summed E-state index contributed by atoms with van der Waals surface area (Å²) < 4.78 is 1.74. The SMILES string of the molecule is NSc1cc(NC(=O)Cc2ccccc2Cl)ccc1-n1cc2ncccc2n1. The van der Waals surface area contributed by atoms with Crippen LogP contribution < -0.4 is 10.5 Å². The van der Waals surface area contributed by atoms with Crippen molar-refractivity contribution >= 4 is 46.2 Å². The molecule has 4 rings (SSSR count). The number of benzene rings is 2. The second-order valence-electron chi connectivity index (χ2n) is 6.10. The average molecular weight is 410 g/mol. The van der Waals surface area contributed by atoms with Crippen molar-refractivity contribution in [3.05, 3.63) is 77.6 Å². The predicted molar refractivity (Wildman–Crippen MR) is 113 cm³/mol. The van der Waals surface area contributed by atoms with E-state index in [1.165, 1.54) is 0 Å². The molecule has 0 radical (unpaired) electrons. The van der Waals surface area contributed by atoms with Crippen LogP contribution in [0.3, 0.4) is 0 Å². The van der Waals surface area contributed by atoms with E-state index in [1.54, 1.807) is 16.9 Å². The van der Waals surface area contributed by atoms with Gasteiger partial charge in [0, 0.05) is 16.9 Å². The van der Waals surface area contributed by atoms with Crippen LogP contribution in [0.15, 0.2) is 71.9 Å². The number of nitrogens with two attached hydrogens (primary N) is 1. The summed E-state index contributed by atoms with van der Waals surface area (Å²) in [5.41, 5.74) is 3.85. The number of fused-ring (bicyclic) bond motifs is 1. The number of aromatic nitrogens is 3. The normalized spacial score (nSPS) is 10.9. The first-order valence-electron chi connectivity index (χ1n) is 8.49. The van der Waals surface area contributed by atoms with Crippen LogP contribution in [0.1, 0.15) is 5.56 Å². The van der Waals surface area contributed by atoms with Gasteiger partial charge >= 0.3 is 0 Å². The highest BCUT2D eigenvalue weighted by molar-refractivity contribution is 7.97. The summed E-state index contributed by atoms with van der Waals surface area (Å²) in [5.74, 6) is -0.150. The molecule has 0 aliphatic carbocycles. The number of anilines is 1. The van der Waals surface area contributed by atoms with E-state index in [2.05, 4.69) is 15.4 Å². The maximum Gasteiger partial charge on any atom is 0.228 e. The van der Waals surface area contributed by atoms with Crippen molar-refractivity contribution in [1.82, 2.24) is 14.8 Å². The molecule has 0 aliphatic rings. The maximum absolute atomic E-state index is 12.4. The number of nitrogens with zero attached hydrogens (tertiary/aromatic N) is 3. The van der Waals surface area contributed by atoms with Crippen molar-refractivity contribution in [3.8, 4) is 5.69 Å². The number of pyridine rings is 1. The summed E-state index contributed by atoms with van der Waals surface area (Å²) in [4.78, 5) is 17.5. The molecule has 28 heavy (non-hydrogen) atoms. The Hall–Kier alpha value is -2.87. The van der Waals surface area contributed by atoms with Gasteiger partial charge in [0.05, 0.1) is 23.2 Å². The molecule has 4 aromatic rings. The fourth-order valence-corrected chi connectivity index (χ4v) is 3.55. The topological polar surface area (TPSA) is 85.8 Å². The summed E-state index contributed by atoms with van der Waals surface area (Å²) >= 11 is 7.22. The van der Waals surface area contributed by atoms with Crippen molar-refractivity contribution in [2.75, 3.05) is 5.32 Å². The zero-order chi connectivity index (χ0) is 19.5. The van der Waals surface area contributed by atoms with Crippen molar-refractivity contribution in [2.24, 2.45) is 5.14 Å². The van der Waals surface area contributed by atoms with Gasteiger partial charge in [0.2, 0.25) is 5.91 Å². The van der Waals surface area contributed by atoms with Gasteiger partial charge in [-0.05, 0) is 53.9 Å². The van der Waals surface area contributed by atoms with Gasteiger partial charge in [-0.3, -0.25) is 14.9 Å². The number of hydrogen-bond acceptors (Lipinski definition) is 5. The molecule has 0 saturated heterocycles. The summed E-state index contributed by atoms with van der Waals surface area (Å²) in [5, 5.41) is 13.8. The third-order valence-electron chi connectivity index (χ3n) is 4.20. The predicted octanol–water partition coefficient (Wildman–Crippen LogP) is 4.22. The van der Waals surface area contributed by atoms with Crippen LogP contribution in [0.5, 0.6) is 0 Å². The maximum atomic E-state index is 12.4. The largest absolute Gasteiger partial charge is 0.326 e. The van der Waals surface area contributed by atoms with Crippen LogP contribution in [-0.2, 0) is 11.2 Å². The lowest BCUT2D eigenvalue weighted by atomic mass is 10.1. The Labute approximate surface area is 170 Å². The Morgan fingerprint density at radius 1 is 1.14 bits per heavy atom. The number of carbonyl (C=O) groups is 1. The molecule has 1 amide bonds. The van der Waals surface area contributed by atoms with E-state index in [0.29, 0.717) is 10.7 Å². The highest BCUT2D eigenvalue weighted by Gasteiger charge is 2.11. The Morgan fingerprint density at radius 2 is 2.00 bits per heavy atom. The fraction of sp³-hybridized carbons (Fsp3) is 0.0500. The van der Waals surface area contributed by atoms with Gasteiger partial charge in [0.25, 0.3) is 0 Å². The smallest absolute Gasteiger partial charge is 0.228 e. The van der Waals surface area contributed by atoms with Gasteiger partial charge in [-0.15, -0.1) is 0 Å². The number of carbonyl (C=O) groups excluding carboxylic acids is 1. The van der Waals surface area contributed by atoms with E-state index in [-0.39, 0.29) is 12.3 Å². The lowest BCUT2D eigenvalue weighted by molar-refractivity contribution is -0.115. The zero-order valence-electron chi connectivity index (χ0n) is 14.7. The Morgan fingerprint density at radius 3 is 2.79 bits per heavy atom. The van der Waals surface area contributed by atoms with E-state index >= 15 is 0 Å². The van der Waals surface area contributed by atoms with E-state index in [9.17, 15) is 4.79 Å². The molecule has 0 spiro atoms. The molecule has 6 nitrogen and oxygen atoms in total. The van der Waals surface area contributed by atoms with Gasteiger partial charge in [-0.2, -0.15) is 5.10 Å². The second-order valence-corrected chi connectivity index (χ2v) is 7.18. The molecular formula is C20H16ClN5OS. The molecule has 0 aliphatic heterocycles. The molecule has 0 saturated carbocycles. The van der Waals surface area contributed by atoms with Crippen LogP contribution in [-0.4, -0.2) is 20.7 Å². The van der Waals surface area contributed by atoms with Crippen molar-refractivity contribution in [2.45, 2.75) is 11.3 Å². The third-order valence-corrected chi connectivity index (χ3v) is 5.15. The molecule has 0 bridgehead atoms. The van der Waals surface area contributed by atoms with Crippen LogP contribution in [0.2, 0.25) is 5.02 Å². The van der Waals surface area contributed by atoms with Crippen LogP contribution in [0.4, 0.5) is 5.69 Å². The molecule has 8 heteroatoms. The highest BCUT2D eigenvalue weighted by Crippen LogP contribution is 2.27. The molecule has 3 N–H and O–H groups in total. The molecule has 2 heterocycles. The summed E-state index contributed by atoms with van der Waals surface area (Å²) in [6.45, 7) is 0. The van der Waals surface area contributed by atoms with E-state index in [0.717, 1.165) is 39.1 Å². The second kappa shape index (κ2) is 8.02. The third kappa shape index (κ3) is 3.87. The van der Waals surface area contributed by atoms with Crippen LogP contribution in [0, 0.1) is 0 Å². The quantitative estimate of drug-likeness (QED) is 0.482. The van der Waals surface area contributed by atoms with Gasteiger partial charge < -0.3 is 5.32 Å². The number of halogens is 1. The van der Waals surface area contributed by atoms with Crippen molar-refractivity contribution < 1.29 is 4.79 Å².